The highest BCUT2D eigenvalue weighted by molar-refractivity contribution is 5.94. The molecular formula is C24H22FN5. The molecule has 0 bridgehead atoms. The molecule has 1 fully saturated rings. The maximum Gasteiger partial charge on any atom is 0.130 e. The Hall–Kier alpha value is -3.72. The Kier molecular flexibility index (Phi) is 5.71. The molecule has 150 valence electrons. The highest BCUT2D eigenvalue weighted by Crippen LogP contribution is 2.31. The van der Waals surface area contributed by atoms with Crippen LogP contribution in [-0.2, 0) is 0 Å². The van der Waals surface area contributed by atoms with Gasteiger partial charge in [-0.05, 0) is 61.2 Å². The van der Waals surface area contributed by atoms with E-state index in [9.17, 15) is 4.39 Å². The molecule has 1 saturated heterocycles. The van der Waals surface area contributed by atoms with E-state index in [0.29, 0.717) is 17.2 Å². The number of amidine groups is 1. The van der Waals surface area contributed by atoms with E-state index in [1.807, 2.05) is 23.1 Å². The van der Waals surface area contributed by atoms with Crippen molar-refractivity contribution < 1.29 is 4.39 Å². The Morgan fingerprint density at radius 1 is 1.23 bits per heavy atom. The van der Waals surface area contributed by atoms with E-state index < -0.39 is 0 Å². The quantitative estimate of drug-likeness (QED) is 0.461. The molecule has 3 aromatic rings. The SMILES string of the molecule is N#Cc1cccc(-c2cnc(/C=C\C(=N)N3CCCC[C@H]3c3cccc(F)c3)[nH]2)c1. The number of aromatic nitrogens is 2. The monoisotopic (exact) mass is 399 g/mol. The zero-order valence-electron chi connectivity index (χ0n) is 16.5. The topological polar surface area (TPSA) is 79.6 Å². The largest absolute Gasteiger partial charge is 0.350 e. The molecule has 1 atom stereocenters. The van der Waals surface area contributed by atoms with Gasteiger partial charge in [-0.1, -0.05) is 24.3 Å². The Labute approximate surface area is 175 Å². The van der Waals surface area contributed by atoms with Gasteiger partial charge in [-0.2, -0.15) is 5.26 Å². The Morgan fingerprint density at radius 2 is 2.10 bits per heavy atom. The maximum atomic E-state index is 13.7. The third-order valence-electron chi connectivity index (χ3n) is 5.34. The molecule has 0 saturated carbocycles. The van der Waals surface area contributed by atoms with Gasteiger partial charge in [0.2, 0.25) is 0 Å². The van der Waals surface area contributed by atoms with Crippen LogP contribution in [0.2, 0.25) is 0 Å². The predicted octanol–water partition coefficient (Wildman–Crippen LogP) is 5.31. The Morgan fingerprint density at radius 3 is 2.93 bits per heavy atom. The molecule has 6 heteroatoms. The van der Waals surface area contributed by atoms with Crippen LogP contribution in [0.25, 0.3) is 17.3 Å². The molecular weight excluding hydrogens is 377 g/mol. The van der Waals surface area contributed by atoms with Crippen LogP contribution in [-0.4, -0.2) is 27.2 Å². The highest BCUT2D eigenvalue weighted by Gasteiger charge is 2.25. The second-order valence-corrected chi connectivity index (χ2v) is 7.35. The Bertz CT molecular complexity index is 1120. The van der Waals surface area contributed by atoms with Crippen LogP contribution >= 0.6 is 0 Å². The lowest BCUT2D eigenvalue weighted by Crippen LogP contribution is -2.37. The van der Waals surface area contributed by atoms with Crippen molar-refractivity contribution in [3.63, 3.8) is 0 Å². The summed E-state index contributed by atoms with van der Waals surface area (Å²) in [6, 6.07) is 16.1. The van der Waals surface area contributed by atoms with Crippen LogP contribution in [0.1, 0.15) is 42.3 Å². The summed E-state index contributed by atoms with van der Waals surface area (Å²) in [7, 11) is 0. The molecule has 4 rings (SSSR count). The number of aromatic amines is 1. The fraction of sp³-hybridized carbons (Fsp3) is 0.208. The minimum atomic E-state index is -0.247. The van der Waals surface area contributed by atoms with Crippen molar-refractivity contribution in [2.24, 2.45) is 0 Å². The molecule has 0 radical (unpaired) electrons. The molecule has 0 unspecified atom stereocenters. The molecule has 2 heterocycles. The summed E-state index contributed by atoms with van der Waals surface area (Å²) in [5, 5.41) is 17.6. The van der Waals surface area contributed by atoms with E-state index in [1.54, 1.807) is 42.6 Å². The molecule has 1 aliphatic rings. The molecule has 0 spiro atoms. The van der Waals surface area contributed by atoms with Crippen molar-refractivity contribution in [2.75, 3.05) is 6.54 Å². The van der Waals surface area contributed by atoms with E-state index in [2.05, 4.69) is 16.0 Å². The summed E-state index contributed by atoms with van der Waals surface area (Å²) in [5.74, 6) is 0.772. The van der Waals surface area contributed by atoms with E-state index in [0.717, 1.165) is 42.6 Å². The third-order valence-corrected chi connectivity index (χ3v) is 5.34. The zero-order chi connectivity index (χ0) is 20.9. The van der Waals surface area contributed by atoms with Crippen LogP contribution < -0.4 is 0 Å². The van der Waals surface area contributed by atoms with Gasteiger partial charge >= 0.3 is 0 Å². The summed E-state index contributed by atoms with van der Waals surface area (Å²) in [4.78, 5) is 9.60. The molecule has 0 aliphatic carbocycles. The summed E-state index contributed by atoms with van der Waals surface area (Å²) < 4.78 is 13.7. The van der Waals surface area contributed by atoms with Gasteiger partial charge in [-0.3, -0.25) is 5.41 Å². The molecule has 2 N–H and O–H groups in total. The molecule has 2 aromatic carbocycles. The van der Waals surface area contributed by atoms with E-state index in [1.165, 1.54) is 6.07 Å². The first-order valence-electron chi connectivity index (χ1n) is 9.98. The summed E-state index contributed by atoms with van der Waals surface area (Å²) in [6.07, 6.45) is 8.21. The molecule has 0 amide bonds. The van der Waals surface area contributed by atoms with Crippen molar-refractivity contribution in [3.8, 4) is 17.3 Å². The van der Waals surface area contributed by atoms with Gasteiger partial charge in [-0.25, -0.2) is 9.37 Å². The van der Waals surface area contributed by atoms with Crippen LogP contribution in [0.15, 0.2) is 60.8 Å². The third kappa shape index (κ3) is 4.31. The Balaban J connectivity index is 1.50. The number of nitriles is 1. The van der Waals surface area contributed by atoms with Gasteiger partial charge in [-0.15, -0.1) is 0 Å². The fourth-order valence-electron chi connectivity index (χ4n) is 3.86. The fourth-order valence-corrected chi connectivity index (χ4v) is 3.86. The number of hydrogen-bond donors (Lipinski definition) is 2. The van der Waals surface area contributed by atoms with E-state index in [4.69, 9.17) is 10.7 Å². The summed E-state index contributed by atoms with van der Waals surface area (Å²) in [5.41, 5.74) is 3.20. The number of hydrogen-bond acceptors (Lipinski definition) is 3. The van der Waals surface area contributed by atoms with Crippen molar-refractivity contribution in [3.05, 3.63) is 83.6 Å². The van der Waals surface area contributed by atoms with Crippen molar-refractivity contribution in [2.45, 2.75) is 25.3 Å². The average molecular weight is 399 g/mol. The van der Waals surface area contributed by atoms with Crippen LogP contribution in [0.4, 0.5) is 4.39 Å². The normalized spacial score (nSPS) is 16.5. The molecule has 5 nitrogen and oxygen atoms in total. The van der Waals surface area contributed by atoms with Crippen LogP contribution in [0.3, 0.4) is 0 Å². The number of nitrogens with one attached hydrogen (secondary N) is 2. The lowest BCUT2D eigenvalue weighted by atomic mass is 9.95. The minimum absolute atomic E-state index is 0.00693. The first-order valence-corrected chi connectivity index (χ1v) is 9.98. The molecule has 30 heavy (non-hydrogen) atoms. The number of rotatable bonds is 4. The molecule has 1 aromatic heterocycles. The van der Waals surface area contributed by atoms with E-state index >= 15 is 0 Å². The van der Waals surface area contributed by atoms with Crippen LogP contribution in [0.5, 0.6) is 0 Å². The average Bonchev–Trinajstić information content (AvgIpc) is 3.27. The van der Waals surface area contributed by atoms with Gasteiger partial charge in [0.1, 0.15) is 17.5 Å². The first-order chi connectivity index (χ1) is 14.6. The number of H-pyrrole nitrogens is 1. The predicted molar refractivity (Wildman–Crippen MR) is 115 cm³/mol. The smallest absolute Gasteiger partial charge is 0.130 e. The second-order valence-electron chi connectivity index (χ2n) is 7.35. The van der Waals surface area contributed by atoms with Crippen LogP contribution in [0, 0.1) is 22.6 Å². The summed E-state index contributed by atoms with van der Waals surface area (Å²) >= 11 is 0. The van der Waals surface area contributed by atoms with Gasteiger partial charge in [0.25, 0.3) is 0 Å². The number of piperidine rings is 1. The number of halogens is 1. The maximum absolute atomic E-state index is 13.7. The number of imidazole rings is 1. The zero-order valence-corrected chi connectivity index (χ0v) is 16.5. The van der Waals surface area contributed by atoms with Gasteiger partial charge in [0, 0.05) is 12.1 Å². The lowest BCUT2D eigenvalue weighted by molar-refractivity contribution is 0.244. The lowest BCUT2D eigenvalue weighted by Gasteiger charge is -2.37. The standard InChI is InChI=1S/C24H22FN5/c25-20-8-4-7-19(14-20)22-9-1-2-12-30(22)23(27)10-11-24-28-16-21(29-24)18-6-3-5-17(13-18)15-26/h3-8,10-11,13-14,16,22,27H,1-2,9,12H2,(H,28,29)/b11-10-,27-23?/t22-/m0/s1. The minimum Gasteiger partial charge on any atom is -0.350 e. The number of likely N-dealkylation sites (tertiary alicyclic amines) is 1. The number of benzene rings is 2. The van der Waals surface area contributed by atoms with Gasteiger partial charge in [0.15, 0.2) is 0 Å². The highest BCUT2D eigenvalue weighted by atomic mass is 19.1. The van der Waals surface area contributed by atoms with Crippen molar-refractivity contribution in [1.29, 1.82) is 10.7 Å². The van der Waals surface area contributed by atoms with Crippen molar-refractivity contribution >= 4 is 11.9 Å². The molecule has 1 aliphatic heterocycles. The van der Waals surface area contributed by atoms with Crippen molar-refractivity contribution in [1.82, 2.24) is 14.9 Å². The van der Waals surface area contributed by atoms with E-state index in [-0.39, 0.29) is 11.9 Å². The first kappa shape index (κ1) is 19.6. The van der Waals surface area contributed by atoms with Gasteiger partial charge < -0.3 is 9.88 Å². The van der Waals surface area contributed by atoms with Gasteiger partial charge in [0.05, 0.1) is 29.6 Å². The summed E-state index contributed by atoms with van der Waals surface area (Å²) in [6.45, 7) is 0.773. The second kappa shape index (κ2) is 8.75. The number of nitrogens with zero attached hydrogens (tertiary/aromatic N) is 3.